The van der Waals surface area contributed by atoms with Gasteiger partial charge in [-0.1, -0.05) is 24.3 Å². The smallest absolute Gasteiger partial charge is 0.337 e. The number of carboxylic acid groups (broad SMARTS) is 1. The molecule has 2 N–H and O–H groups in total. The van der Waals surface area contributed by atoms with Crippen LogP contribution in [0.4, 0.5) is 5.69 Å². The summed E-state index contributed by atoms with van der Waals surface area (Å²) in [4.78, 5) is 13.7. The number of carboxylic acids is 1. The van der Waals surface area contributed by atoms with Crippen molar-refractivity contribution in [2.75, 3.05) is 37.9 Å². The van der Waals surface area contributed by atoms with Gasteiger partial charge in [-0.3, -0.25) is 5.32 Å². The average Bonchev–Trinajstić information content (AvgIpc) is 2.67. The first-order chi connectivity index (χ1) is 12.2. The molecule has 0 aliphatic carbocycles. The van der Waals surface area contributed by atoms with Gasteiger partial charge >= 0.3 is 5.97 Å². The number of halogens is 1. The lowest BCUT2D eigenvalue weighted by atomic mass is 9.98. The summed E-state index contributed by atoms with van der Waals surface area (Å²) in [5.74, 6) is -0.0409. The van der Waals surface area contributed by atoms with Crippen LogP contribution in [0.2, 0.25) is 0 Å². The van der Waals surface area contributed by atoms with Crippen LogP contribution in [0.5, 0.6) is 5.75 Å². The highest BCUT2D eigenvalue weighted by Gasteiger charge is 2.21. The zero-order valence-electron chi connectivity index (χ0n) is 14.2. The van der Waals surface area contributed by atoms with Gasteiger partial charge in [0.1, 0.15) is 12.5 Å². The predicted octanol–water partition coefficient (Wildman–Crippen LogP) is 2.75. The number of nitrogens with one attached hydrogen (secondary N) is 1. The number of benzene rings is 2. The third kappa shape index (κ3) is 3.49. The number of carbonyl (C=O) groups is 1. The molecule has 4 rings (SSSR count). The molecule has 26 heavy (non-hydrogen) atoms. The number of nitrogens with zero attached hydrogens (tertiary/aromatic N) is 1. The molecule has 2 aromatic carbocycles. The molecule has 0 radical (unpaired) electrons. The number of para-hydroxylation sites is 1. The highest BCUT2D eigenvalue weighted by atomic mass is 35.5. The summed E-state index contributed by atoms with van der Waals surface area (Å²) in [6.07, 6.45) is 0. The second-order valence-corrected chi connectivity index (χ2v) is 6.15. The van der Waals surface area contributed by atoms with Crippen molar-refractivity contribution in [3.8, 4) is 16.9 Å². The number of morpholine rings is 1. The summed E-state index contributed by atoms with van der Waals surface area (Å²) >= 11 is 0. The van der Waals surface area contributed by atoms with Gasteiger partial charge in [0.05, 0.1) is 24.5 Å². The van der Waals surface area contributed by atoms with Crippen molar-refractivity contribution in [2.24, 2.45) is 0 Å². The van der Waals surface area contributed by atoms with E-state index in [1.165, 1.54) is 0 Å². The Morgan fingerprint density at radius 1 is 1.15 bits per heavy atom. The predicted molar refractivity (Wildman–Crippen MR) is 101 cm³/mol. The highest BCUT2D eigenvalue weighted by molar-refractivity contribution is 5.96. The number of hydrogen-bond donors (Lipinski definition) is 2. The standard InChI is InChI=1S/C19H20N2O4.ClH/c22-19(23)16-5-4-13(10-17(16)21-6-8-24-9-7-21)15-3-1-2-14-11-20-12-25-18(14)15;/h1-5,10,20H,6-9,11-12H2,(H,22,23);1H. The normalized spacial score (nSPS) is 16.2. The van der Waals surface area contributed by atoms with E-state index in [-0.39, 0.29) is 12.4 Å². The minimum atomic E-state index is -0.913. The first-order valence-corrected chi connectivity index (χ1v) is 8.40. The Hall–Kier alpha value is -2.28. The first kappa shape index (κ1) is 18.5. The monoisotopic (exact) mass is 376 g/mol. The first-order valence-electron chi connectivity index (χ1n) is 8.40. The second kappa shape index (κ2) is 7.95. The number of rotatable bonds is 3. The Bertz CT molecular complexity index is 806. The van der Waals surface area contributed by atoms with Crippen LogP contribution in [0.1, 0.15) is 15.9 Å². The molecule has 0 aromatic heterocycles. The SMILES string of the molecule is Cl.O=C(O)c1ccc(-c2cccc3c2OCNC3)cc1N1CCOCC1. The lowest BCUT2D eigenvalue weighted by Crippen LogP contribution is -2.37. The lowest BCUT2D eigenvalue weighted by molar-refractivity contribution is 0.0696. The molecule has 2 aromatic rings. The van der Waals surface area contributed by atoms with Crippen LogP contribution in [0.3, 0.4) is 0 Å². The van der Waals surface area contributed by atoms with E-state index in [0.717, 1.165) is 34.7 Å². The highest BCUT2D eigenvalue weighted by Crippen LogP contribution is 2.37. The third-order valence-corrected chi connectivity index (χ3v) is 4.62. The molecule has 0 unspecified atom stereocenters. The topological polar surface area (TPSA) is 71.0 Å². The molecule has 0 saturated carbocycles. The van der Waals surface area contributed by atoms with Crippen LogP contribution >= 0.6 is 12.4 Å². The average molecular weight is 377 g/mol. The van der Waals surface area contributed by atoms with E-state index in [2.05, 4.69) is 10.2 Å². The maximum absolute atomic E-state index is 11.7. The zero-order chi connectivity index (χ0) is 17.2. The van der Waals surface area contributed by atoms with Gasteiger partial charge in [-0.25, -0.2) is 4.79 Å². The van der Waals surface area contributed by atoms with Crippen LogP contribution in [-0.2, 0) is 11.3 Å². The molecule has 6 nitrogen and oxygen atoms in total. The third-order valence-electron chi connectivity index (χ3n) is 4.62. The maximum Gasteiger partial charge on any atom is 0.337 e. The molecule has 1 fully saturated rings. The molecule has 0 spiro atoms. The molecule has 2 aliphatic rings. The van der Waals surface area contributed by atoms with Crippen molar-refractivity contribution in [1.29, 1.82) is 0 Å². The summed E-state index contributed by atoms with van der Waals surface area (Å²) < 4.78 is 11.2. The number of hydrogen-bond acceptors (Lipinski definition) is 5. The fourth-order valence-corrected chi connectivity index (χ4v) is 3.38. The lowest BCUT2D eigenvalue weighted by Gasteiger charge is -2.30. The largest absolute Gasteiger partial charge is 0.478 e. The molecule has 0 amide bonds. The molecule has 0 atom stereocenters. The van der Waals surface area contributed by atoms with E-state index in [0.29, 0.717) is 38.6 Å². The Morgan fingerprint density at radius 3 is 2.73 bits per heavy atom. The summed E-state index contributed by atoms with van der Waals surface area (Å²) in [5.41, 5.74) is 4.12. The van der Waals surface area contributed by atoms with Gasteiger partial charge in [-0.2, -0.15) is 0 Å². The van der Waals surface area contributed by atoms with Crippen molar-refractivity contribution in [3.63, 3.8) is 0 Å². The summed E-state index contributed by atoms with van der Waals surface area (Å²) in [5, 5.41) is 12.7. The van der Waals surface area contributed by atoms with Gasteiger partial charge in [-0.15, -0.1) is 12.4 Å². The zero-order valence-corrected chi connectivity index (χ0v) is 15.1. The van der Waals surface area contributed by atoms with E-state index in [1.807, 2.05) is 30.3 Å². The van der Waals surface area contributed by atoms with Crippen LogP contribution in [0.15, 0.2) is 36.4 Å². The molecule has 1 saturated heterocycles. The maximum atomic E-state index is 11.7. The Balaban J connectivity index is 0.00000196. The molecule has 138 valence electrons. The van der Waals surface area contributed by atoms with Gasteiger partial charge in [0.25, 0.3) is 0 Å². The van der Waals surface area contributed by atoms with E-state index < -0.39 is 5.97 Å². The van der Waals surface area contributed by atoms with Gasteiger partial charge in [0.15, 0.2) is 0 Å². The van der Waals surface area contributed by atoms with Crippen molar-refractivity contribution >= 4 is 24.1 Å². The van der Waals surface area contributed by atoms with Crippen molar-refractivity contribution in [2.45, 2.75) is 6.54 Å². The van der Waals surface area contributed by atoms with E-state index >= 15 is 0 Å². The Labute approximate surface area is 158 Å². The Kier molecular flexibility index (Phi) is 5.66. The van der Waals surface area contributed by atoms with Crippen LogP contribution in [0, 0.1) is 0 Å². The molecule has 0 bridgehead atoms. The van der Waals surface area contributed by atoms with Crippen molar-refractivity contribution in [3.05, 3.63) is 47.5 Å². The van der Waals surface area contributed by atoms with Crippen LogP contribution in [-0.4, -0.2) is 44.1 Å². The van der Waals surface area contributed by atoms with Crippen molar-refractivity contribution in [1.82, 2.24) is 5.32 Å². The van der Waals surface area contributed by atoms with Gasteiger partial charge in [-0.05, 0) is 17.7 Å². The molecular formula is C19H21ClN2O4. The van der Waals surface area contributed by atoms with E-state index in [1.54, 1.807) is 6.07 Å². The quantitative estimate of drug-likeness (QED) is 0.858. The van der Waals surface area contributed by atoms with Crippen molar-refractivity contribution < 1.29 is 19.4 Å². The fourth-order valence-electron chi connectivity index (χ4n) is 3.38. The summed E-state index contributed by atoms with van der Waals surface area (Å²) in [6.45, 7) is 3.85. The van der Waals surface area contributed by atoms with Crippen LogP contribution < -0.4 is 15.0 Å². The summed E-state index contributed by atoms with van der Waals surface area (Å²) in [7, 11) is 0. The molecular weight excluding hydrogens is 356 g/mol. The number of anilines is 1. The minimum absolute atomic E-state index is 0. The number of aromatic carboxylic acids is 1. The molecule has 7 heteroatoms. The van der Waals surface area contributed by atoms with Crippen LogP contribution in [0.25, 0.3) is 11.1 Å². The second-order valence-electron chi connectivity index (χ2n) is 6.15. The molecule has 2 heterocycles. The van der Waals surface area contributed by atoms with E-state index in [9.17, 15) is 9.90 Å². The number of fused-ring (bicyclic) bond motifs is 1. The Morgan fingerprint density at radius 2 is 1.96 bits per heavy atom. The molecule has 2 aliphatic heterocycles. The van der Waals surface area contributed by atoms with Gasteiger partial charge in [0, 0.05) is 30.8 Å². The van der Waals surface area contributed by atoms with Gasteiger partial charge < -0.3 is 19.5 Å². The summed E-state index contributed by atoms with van der Waals surface area (Å²) in [6, 6.07) is 11.6. The number of ether oxygens (including phenoxy) is 2. The van der Waals surface area contributed by atoms with Gasteiger partial charge in [0.2, 0.25) is 0 Å². The van der Waals surface area contributed by atoms with E-state index in [4.69, 9.17) is 9.47 Å². The minimum Gasteiger partial charge on any atom is -0.478 e. The fraction of sp³-hybridized carbons (Fsp3) is 0.316.